The van der Waals surface area contributed by atoms with Crippen LogP contribution in [0.1, 0.15) is 15.9 Å². The van der Waals surface area contributed by atoms with Crippen LogP contribution in [0.3, 0.4) is 0 Å². The molecular weight excluding hydrogens is 359 g/mol. The van der Waals surface area contributed by atoms with E-state index in [1.54, 1.807) is 0 Å². The van der Waals surface area contributed by atoms with Crippen LogP contribution in [-0.2, 0) is 0 Å². The lowest BCUT2D eigenvalue weighted by molar-refractivity contribution is -0.114. The molecule has 21 heavy (non-hydrogen) atoms. The van der Waals surface area contributed by atoms with Crippen LogP contribution in [-0.4, -0.2) is 21.3 Å². The molecule has 0 aromatic heterocycles. The highest BCUT2D eigenvalue weighted by atomic mass is 35.5. The van der Waals surface area contributed by atoms with Gasteiger partial charge in [0.1, 0.15) is 0 Å². The molecule has 0 fully saturated rings. The van der Waals surface area contributed by atoms with E-state index in [1.807, 2.05) is 0 Å². The van der Waals surface area contributed by atoms with Gasteiger partial charge in [0.15, 0.2) is 0 Å². The average molecular weight is 367 g/mol. The van der Waals surface area contributed by atoms with E-state index < -0.39 is 38.1 Å². The number of alkyl halides is 6. The van der Waals surface area contributed by atoms with E-state index in [0.717, 1.165) is 6.07 Å². The van der Waals surface area contributed by atoms with E-state index in [4.69, 9.17) is 28.4 Å². The van der Waals surface area contributed by atoms with Gasteiger partial charge in [0.2, 0.25) is 0 Å². The highest BCUT2D eigenvalue weighted by Crippen LogP contribution is 2.46. The van der Waals surface area contributed by atoms with Gasteiger partial charge in [-0.3, -0.25) is 10.0 Å². The van der Waals surface area contributed by atoms with Crippen LogP contribution in [0.15, 0.2) is 18.2 Å². The van der Waals surface area contributed by atoms with Crippen LogP contribution in [0.25, 0.3) is 0 Å². The molecule has 11 heteroatoms. The Balaban J connectivity index is 3.33. The first kappa shape index (κ1) is 18.1. The summed E-state index contributed by atoms with van der Waals surface area (Å²) in [6.07, 6.45) is -5.01. The minimum atomic E-state index is -5.01. The lowest BCUT2D eigenvalue weighted by Crippen LogP contribution is -2.35. The number of amides is 1. The minimum absolute atomic E-state index is 0.0897. The van der Waals surface area contributed by atoms with Crippen molar-refractivity contribution in [2.45, 2.75) is 17.1 Å². The molecule has 0 aliphatic heterocycles. The van der Waals surface area contributed by atoms with E-state index in [1.165, 1.54) is 24.5 Å². The second kappa shape index (κ2) is 6.47. The summed E-state index contributed by atoms with van der Waals surface area (Å²) in [4.78, 5) is 11.2. The molecule has 2 N–H and O–H groups in total. The Morgan fingerprint density at radius 2 is 1.90 bits per heavy atom. The predicted octanol–water partition coefficient (Wildman–Crippen LogP) is 4.15. The number of hydrogen-bond donors (Lipinski definition) is 2. The summed E-state index contributed by atoms with van der Waals surface area (Å²) in [5, 5.41) is 8.49. The number of rotatable bonds is 4. The first-order valence-electron chi connectivity index (χ1n) is 5.13. The first-order chi connectivity index (χ1) is 9.45. The zero-order valence-corrected chi connectivity index (χ0v) is 12.5. The summed E-state index contributed by atoms with van der Waals surface area (Å²) in [5.74, 6) is -1.02. The van der Waals surface area contributed by atoms with E-state index in [-0.39, 0.29) is 11.1 Å². The molecular formula is C10H8Cl2F4N2O2S. The second-order valence-corrected chi connectivity index (χ2v) is 6.54. The Bertz CT molecular complexity index is 537. The molecule has 0 saturated carbocycles. The van der Waals surface area contributed by atoms with Crippen molar-refractivity contribution in [3.63, 3.8) is 0 Å². The highest BCUT2D eigenvalue weighted by Gasteiger charge is 2.44. The molecule has 0 radical (unpaired) electrons. The van der Waals surface area contributed by atoms with Gasteiger partial charge < -0.3 is 0 Å². The minimum Gasteiger partial charge on any atom is -0.288 e. The number of benzene rings is 1. The third kappa shape index (κ3) is 5.10. The summed E-state index contributed by atoms with van der Waals surface area (Å²) in [6.45, 7) is 1.32. The van der Waals surface area contributed by atoms with Gasteiger partial charge in [0.05, 0.1) is 5.69 Å². The molecule has 1 rings (SSSR count). The van der Waals surface area contributed by atoms with Crippen LogP contribution in [0.4, 0.5) is 23.2 Å². The van der Waals surface area contributed by atoms with E-state index in [2.05, 4.69) is 0 Å². The molecule has 0 spiro atoms. The lowest BCUT2D eigenvalue weighted by Gasteiger charge is -2.28. The van der Waals surface area contributed by atoms with Crippen LogP contribution >= 0.6 is 35.1 Å². The number of carbonyl (C=O) groups excluding carboxylic acids is 1. The quantitative estimate of drug-likeness (QED) is 0.210. The van der Waals surface area contributed by atoms with Gasteiger partial charge in [-0.1, -0.05) is 29.3 Å². The molecule has 0 bridgehead atoms. The van der Waals surface area contributed by atoms with Crippen LogP contribution in [0, 0.1) is 6.92 Å². The van der Waals surface area contributed by atoms with Gasteiger partial charge >= 0.3 is 10.2 Å². The molecule has 0 aliphatic rings. The first-order valence-corrected chi connectivity index (χ1v) is 6.66. The Morgan fingerprint density at radius 3 is 2.33 bits per heavy atom. The number of hydroxylamine groups is 1. The molecule has 1 amide bonds. The number of aryl methyl sites for hydroxylation is 1. The fourth-order valence-electron chi connectivity index (χ4n) is 1.38. The Hall–Kier alpha value is -0.900. The van der Waals surface area contributed by atoms with Crippen molar-refractivity contribution < 1.29 is 27.6 Å². The second-order valence-electron chi connectivity index (χ2n) is 3.74. The molecule has 118 valence electrons. The Labute approximate surface area is 131 Å². The number of hydrogen-bond acceptors (Lipinski definition) is 4. The highest BCUT2D eigenvalue weighted by molar-refractivity contribution is 8.04. The number of carbonyl (C=O) groups is 1. The summed E-state index contributed by atoms with van der Waals surface area (Å²) in [7, 11) is 0. The monoisotopic (exact) mass is 366 g/mol. The third-order valence-electron chi connectivity index (χ3n) is 2.22. The van der Waals surface area contributed by atoms with Gasteiger partial charge in [0.25, 0.3) is 5.91 Å². The van der Waals surface area contributed by atoms with E-state index >= 15 is 0 Å². The maximum Gasteiger partial charge on any atom is 0.495 e. The molecule has 0 unspecified atom stereocenters. The number of halogens is 6. The van der Waals surface area contributed by atoms with Gasteiger partial charge in [-0.05, 0) is 24.6 Å². The fraction of sp³-hybridized carbons (Fsp3) is 0.300. The normalized spacial score (nSPS) is 12.2. The smallest absolute Gasteiger partial charge is 0.288 e. The SMILES string of the molecule is Cc1ccc(C(=O)NO)cc1N(SC(F)(Cl)Cl)C(F)(F)F. The zero-order chi connectivity index (χ0) is 16.4. The Morgan fingerprint density at radius 1 is 1.33 bits per heavy atom. The fourth-order valence-corrected chi connectivity index (χ4v) is 2.39. The molecule has 0 aliphatic carbocycles. The third-order valence-corrected chi connectivity index (χ3v) is 3.42. The van der Waals surface area contributed by atoms with E-state index in [0.29, 0.717) is 0 Å². The summed E-state index contributed by atoms with van der Waals surface area (Å²) < 4.78 is 48.5. The topological polar surface area (TPSA) is 52.6 Å². The lowest BCUT2D eigenvalue weighted by atomic mass is 10.1. The molecule has 1 aromatic rings. The predicted molar refractivity (Wildman–Crippen MR) is 72.1 cm³/mol. The van der Waals surface area contributed by atoms with Crippen molar-refractivity contribution in [2.24, 2.45) is 0 Å². The van der Waals surface area contributed by atoms with Crippen molar-refractivity contribution in [1.82, 2.24) is 5.48 Å². The molecule has 4 nitrogen and oxygen atoms in total. The van der Waals surface area contributed by atoms with Crippen molar-refractivity contribution in [3.8, 4) is 0 Å². The van der Waals surface area contributed by atoms with Crippen LogP contribution in [0.5, 0.6) is 0 Å². The number of anilines is 1. The number of nitrogens with zero attached hydrogens (tertiary/aromatic N) is 1. The molecule has 0 saturated heterocycles. The van der Waals surface area contributed by atoms with Gasteiger partial charge in [0, 0.05) is 17.5 Å². The average Bonchev–Trinajstić information content (AvgIpc) is 2.33. The maximum atomic E-state index is 13.1. The molecule has 1 aromatic carbocycles. The Kier molecular flexibility index (Phi) is 5.59. The van der Waals surface area contributed by atoms with Crippen molar-refractivity contribution in [2.75, 3.05) is 4.31 Å². The summed E-state index contributed by atoms with van der Waals surface area (Å²) in [5.41, 5.74) is 0.565. The van der Waals surface area contributed by atoms with E-state index in [9.17, 15) is 22.4 Å². The maximum absolute atomic E-state index is 13.1. The largest absolute Gasteiger partial charge is 0.495 e. The summed E-state index contributed by atoms with van der Waals surface area (Å²) >= 11 is 9.42. The summed E-state index contributed by atoms with van der Waals surface area (Å²) in [6, 6.07) is 3.20. The van der Waals surface area contributed by atoms with Gasteiger partial charge in [-0.25, -0.2) is 9.79 Å². The van der Waals surface area contributed by atoms with Crippen molar-refractivity contribution >= 4 is 46.7 Å². The number of nitrogens with one attached hydrogen (secondary N) is 1. The van der Waals surface area contributed by atoms with Crippen LogP contribution in [0.2, 0.25) is 0 Å². The van der Waals surface area contributed by atoms with Crippen LogP contribution < -0.4 is 9.79 Å². The molecule has 0 heterocycles. The molecule has 0 atom stereocenters. The standard InChI is InChI=1S/C10H8Cl2F4N2O2S/c1-5-2-3-6(8(19)17-20)4-7(5)18(10(14,15)16)21-9(11,12)13/h2-4,20H,1H3,(H,17,19). The van der Waals surface area contributed by atoms with Gasteiger partial charge in [-0.15, -0.1) is 13.2 Å². The van der Waals surface area contributed by atoms with Crippen molar-refractivity contribution in [3.05, 3.63) is 29.3 Å². The zero-order valence-electron chi connectivity index (χ0n) is 10.2. The van der Waals surface area contributed by atoms with Gasteiger partial charge in [-0.2, -0.15) is 4.39 Å². The van der Waals surface area contributed by atoms with Crippen molar-refractivity contribution in [1.29, 1.82) is 0 Å².